The highest BCUT2D eigenvalue weighted by Crippen LogP contribution is 2.44. The Morgan fingerprint density at radius 3 is 2.93 bits per heavy atom. The number of hydrogen-bond acceptors (Lipinski definition) is 3. The van der Waals surface area contributed by atoms with Gasteiger partial charge in [0.05, 0.1) is 5.92 Å². The molecule has 1 aliphatic carbocycles. The van der Waals surface area contributed by atoms with Gasteiger partial charge >= 0.3 is 0 Å². The van der Waals surface area contributed by atoms with Crippen molar-refractivity contribution in [2.24, 2.45) is 13.0 Å². The molecule has 0 radical (unpaired) electrons. The Hall–Kier alpha value is -2.66. The lowest BCUT2D eigenvalue weighted by Gasteiger charge is -2.45. The SMILES string of the molecule is CN1C[C@H](C(=O)NCCc2ccccn2)C[C@@H]2c3cccc4c3c(cn4C)C[C@H]21. The Kier molecular flexibility index (Phi) is 4.63. The molecule has 5 nitrogen and oxygen atoms in total. The lowest BCUT2D eigenvalue weighted by molar-refractivity contribution is -0.127. The van der Waals surface area contributed by atoms with Crippen LogP contribution in [0.1, 0.15) is 29.2 Å². The highest BCUT2D eigenvalue weighted by atomic mass is 16.1. The molecular formula is C24H28N4O. The molecule has 5 rings (SSSR count). The van der Waals surface area contributed by atoms with Gasteiger partial charge in [-0.15, -0.1) is 0 Å². The molecule has 1 aromatic carbocycles. The van der Waals surface area contributed by atoms with E-state index in [9.17, 15) is 4.79 Å². The highest BCUT2D eigenvalue weighted by molar-refractivity contribution is 5.89. The molecule has 0 spiro atoms. The van der Waals surface area contributed by atoms with Crippen molar-refractivity contribution < 1.29 is 4.79 Å². The van der Waals surface area contributed by atoms with Crippen LogP contribution in [0.4, 0.5) is 0 Å². The number of hydrogen-bond donors (Lipinski definition) is 1. The van der Waals surface area contributed by atoms with E-state index in [-0.39, 0.29) is 11.8 Å². The van der Waals surface area contributed by atoms with E-state index in [1.54, 1.807) is 6.20 Å². The topological polar surface area (TPSA) is 50.2 Å². The first kappa shape index (κ1) is 18.4. The van der Waals surface area contributed by atoms with Crippen molar-refractivity contribution in [2.75, 3.05) is 20.1 Å². The summed E-state index contributed by atoms with van der Waals surface area (Å²) in [6.45, 7) is 1.47. The fourth-order valence-corrected chi connectivity index (χ4v) is 5.41. The molecule has 29 heavy (non-hydrogen) atoms. The van der Waals surface area contributed by atoms with Crippen molar-refractivity contribution in [2.45, 2.75) is 31.2 Å². The Morgan fingerprint density at radius 2 is 2.10 bits per heavy atom. The fourth-order valence-electron chi connectivity index (χ4n) is 5.41. The molecule has 3 aromatic rings. The van der Waals surface area contributed by atoms with E-state index < -0.39 is 0 Å². The van der Waals surface area contributed by atoms with E-state index in [4.69, 9.17) is 0 Å². The van der Waals surface area contributed by atoms with Gasteiger partial charge in [-0.3, -0.25) is 9.78 Å². The zero-order valence-electron chi connectivity index (χ0n) is 17.1. The third kappa shape index (κ3) is 3.23. The van der Waals surface area contributed by atoms with Crippen molar-refractivity contribution in [1.82, 2.24) is 19.8 Å². The van der Waals surface area contributed by atoms with Gasteiger partial charge < -0.3 is 14.8 Å². The number of aromatic nitrogens is 2. The number of carbonyl (C=O) groups is 1. The van der Waals surface area contributed by atoms with E-state index in [1.807, 2.05) is 18.2 Å². The molecule has 2 aromatic heterocycles. The molecule has 3 heterocycles. The minimum Gasteiger partial charge on any atom is -0.355 e. The Balaban J connectivity index is 1.33. The molecule has 1 aliphatic heterocycles. The van der Waals surface area contributed by atoms with Crippen molar-refractivity contribution in [3.63, 3.8) is 0 Å². The van der Waals surface area contributed by atoms with Gasteiger partial charge in [-0.25, -0.2) is 0 Å². The van der Waals surface area contributed by atoms with E-state index in [1.165, 1.54) is 22.0 Å². The first-order valence-electron chi connectivity index (χ1n) is 10.6. The number of pyridine rings is 1. The smallest absolute Gasteiger partial charge is 0.224 e. The van der Waals surface area contributed by atoms with Gasteiger partial charge in [0, 0.05) is 67.5 Å². The average molecular weight is 389 g/mol. The maximum absolute atomic E-state index is 12.9. The predicted octanol–water partition coefficient (Wildman–Crippen LogP) is 2.89. The number of rotatable bonds is 4. The zero-order chi connectivity index (χ0) is 20.0. The highest BCUT2D eigenvalue weighted by Gasteiger charge is 2.41. The fraction of sp³-hybridized carbons (Fsp3) is 0.417. The summed E-state index contributed by atoms with van der Waals surface area (Å²) < 4.78 is 2.24. The number of nitrogens with one attached hydrogen (secondary N) is 1. The molecule has 1 N–H and O–H groups in total. The van der Waals surface area contributed by atoms with E-state index in [0.717, 1.165) is 31.5 Å². The number of piperidine rings is 1. The van der Waals surface area contributed by atoms with E-state index >= 15 is 0 Å². The first-order valence-corrected chi connectivity index (χ1v) is 10.6. The summed E-state index contributed by atoms with van der Waals surface area (Å²) in [5.41, 5.74) is 5.20. The number of aryl methyl sites for hydroxylation is 1. The van der Waals surface area contributed by atoms with Crippen LogP contribution in [0.2, 0.25) is 0 Å². The molecule has 2 aliphatic rings. The van der Waals surface area contributed by atoms with E-state index in [0.29, 0.717) is 18.5 Å². The van der Waals surface area contributed by atoms with Crippen LogP contribution >= 0.6 is 0 Å². The summed E-state index contributed by atoms with van der Waals surface area (Å²) in [4.78, 5) is 19.7. The normalized spacial score (nSPS) is 23.7. The third-order valence-corrected chi connectivity index (χ3v) is 6.81. The summed E-state index contributed by atoms with van der Waals surface area (Å²) in [5.74, 6) is 0.627. The summed E-state index contributed by atoms with van der Waals surface area (Å²) >= 11 is 0. The van der Waals surface area contributed by atoms with Gasteiger partial charge in [-0.2, -0.15) is 0 Å². The quantitative estimate of drug-likeness (QED) is 0.748. The molecular weight excluding hydrogens is 360 g/mol. The summed E-state index contributed by atoms with van der Waals surface area (Å²) in [6.07, 6.45) is 6.86. The van der Waals surface area contributed by atoms with Gasteiger partial charge in [-0.05, 0) is 49.2 Å². The molecule has 1 amide bonds. The molecule has 0 bridgehead atoms. The van der Waals surface area contributed by atoms with Crippen LogP contribution in [0, 0.1) is 5.92 Å². The second kappa shape index (κ2) is 7.30. The minimum absolute atomic E-state index is 0.0329. The minimum atomic E-state index is 0.0329. The van der Waals surface area contributed by atoms with Crippen LogP contribution in [0.15, 0.2) is 48.8 Å². The van der Waals surface area contributed by atoms with Gasteiger partial charge in [0.1, 0.15) is 0 Å². The van der Waals surface area contributed by atoms with Crippen LogP contribution in [-0.2, 0) is 24.7 Å². The van der Waals surface area contributed by atoms with Crippen molar-refractivity contribution in [3.05, 3.63) is 65.6 Å². The van der Waals surface area contributed by atoms with Crippen molar-refractivity contribution >= 4 is 16.8 Å². The van der Waals surface area contributed by atoms with Crippen LogP contribution < -0.4 is 5.32 Å². The van der Waals surface area contributed by atoms with Crippen LogP contribution in [0.3, 0.4) is 0 Å². The Morgan fingerprint density at radius 1 is 1.21 bits per heavy atom. The maximum atomic E-state index is 12.9. The average Bonchev–Trinajstić information content (AvgIpc) is 3.06. The number of nitrogens with zero attached hydrogens (tertiary/aromatic N) is 3. The molecule has 150 valence electrons. The van der Waals surface area contributed by atoms with Crippen LogP contribution in [0.25, 0.3) is 10.9 Å². The molecule has 3 atom stereocenters. The second-order valence-electron chi connectivity index (χ2n) is 8.62. The second-order valence-corrected chi connectivity index (χ2v) is 8.62. The zero-order valence-corrected chi connectivity index (χ0v) is 17.1. The predicted molar refractivity (Wildman–Crippen MR) is 115 cm³/mol. The molecule has 0 saturated carbocycles. The van der Waals surface area contributed by atoms with Crippen molar-refractivity contribution in [1.29, 1.82) is 0 Å². The number of likely N-dealkylation sites (tertiary alicyclic amines) is 1. The van der Waals surface area contributed by atoms with Crippen LogP contribution in [0.5, 0.6) is 0 Å². The maximum Gasteiger partial charge on any atom is 0.224 e. The Bertz CT molecular complexity index is 1040. The molecule has 1 fully saturated rings. The van der Waals surface area contributed by atoms with Gasteiger partial charge in [0.2, 0.25) is 5.91 Å². The van der Waals surface area contributed by atoms with Crippen LogP contribution in [-0.4, -0.2) is 46.5 Å². The summed E-state index contributed by atoms with van der Waals surface area (Å²) in [6, 6.07) is 13.0. The van der Waals surface area contributed by atoms with Gasteiger partial charge in [0.25, 0.3) is 0 Å². The third-order valence-electron chi connectivity index (χ3n) is 6.81. The standard InChI is InChI=1S/C24H28N4O/c1-27-14-16-13-22-20(19-7-5-8-21(27)23(16)19)12-17(15-28(22)2)24(29)26-11-9-18-6-3-4-10-25-18/h3-8,10,14,17,20,22H,9,11-13,15H2,1-2H3,(H,26,29)/t17-,20-,22-/m1/s1. The monoisotopic (exact) mass is 388 g/mol. The van der Waals surface area contributed by atoms with Crippen molar-refractivity contribution in [3.8, 4) is 0 Å². The van der Waals surface area contributed by atoms with Gasteiger partial charge in [0.15, 0.2) is 0 Å². The number of likely N-dealkylation sites (N-methyl/N-ethyl adjacent to an activating group) is 1. The lowest BCUT2D eigenvalue weighted by atomic mass is 9.72. The number of benzene rings is 1. The number of amides is 1. The number of fused-ring (bicyclic) bond motifs is 2. The first-order chi connectivity index (χ1) is 14.1. The largest absolute Gasteiger partial charge is 0.355 e. The summed E-state index contributed by atoms with van der Waals surface area (Å²) in [7, 11) is 4.31. The molecule has 5 heteroatoms. The van der Waals surface area contributed by atoms with E-state index in [2.05, 4.69) is 58.3 Å². The Labute approximate surface area is 171 Å². The molecule has 0 unspecified atom stereocenters. The summed E-state index contributed by atoms with van der Waals surface area (Å²) in [5, 5.41) is 4.57. The molecule has 1 saturated heterocycles. The lowest BCUT2D eigenvalue weighted by Crippen LogP contribution is -2.51. The van der Waals surface area contributed by atoms with Gasteiger partial charge in [-0.1, -0.05) is 18.2 Å². The number of carbonyl (C=O) groups excluding carboxylic acids is 1.